The molecule has 1 atom stereocenters. The van der Waals surface area contributed by atoms with Crippen molar-refractivity contribution in [3.05, 3.63) is 100 Å². The van der Waals surface area contributed by atoms with Crippen LogP contribution in [0, 0.1) is 6.92 Å². The van der Waals surface area contributed by atoms with Crippen molar-refractivity contribution in [1.82, 2.24) is 10.2 Å². The molecule has 0 saturated carbocycles. The summed E-state index contributed by atoms with van der Waals surface area (Å²) in [4.78, 5) is 51.4. The molecule has 2 N–H and O–H groups in total. The largest absolute Gasteiger partial charge is 0.444 e. The first kappa shape index (κ1) is 24.0. The fraction of sp³-hybridized carbons (Fsp3) is 0.154. The number of amides is 4. The molecule has 3 aromatic rings. The smallest absolute Gasteiger partial charge is 0.339 e. The summed E-state index contributed by atoms with van der Waals surface area (Å²) in [6, 6.07) is 19.6. The van der Waals surface area contributed by atoms with Crippen LogP contribution in [0.5, 0.6) is 0 Å². The van der Waals surface area contributed by atoms with Crippen molar-refractivity contribution in [2.45, 2.75) is 19.6 Å². The van der Waals surface area contributed by atoms with E-state index >= 15 is 0 Å². The summed E-state index contributed by atoms with van der Waals surface area (Å²) in [5.74, 6) is -1.72. The zero-order valence-electron chi connectivity index (χ0n) is 18.8. The standard InChI is InChI=1S/C26H22ClN3O5/c1-16-11-12-19(13-21(16)27)29-24(32)23(17-7-3-2-4-8-17)35-25(33)20-10-6-5-9-18(20)15-30-22(31)14-28-26(30)34/h2-13,23H,14-15H2,1H3,(H,28,34)(H,29,32). The van der Waals surface area contributed by atoms with Gasteiger partial charge in [0.1, 0.15) is 0 Å². The molecule has 0 aromatic heterocycles. The minimum atomic E-state index is -1.26. The predicted molar refractivity (Wildman–Crippen MR) is 130 cm³/mol. The topological polar surface area (TPSA) is 105 Å². The number of nitrogens with one attached hydrogen (secondary N) is 2. The average Bonchev–Trinajstić information content (AvgIpc) is 3.17. The number of esters is 1. The van der Waals surface area contributed by atoms with Gasteiger partial charge in [-0.25, -0.2) is 9.59 Å². The molecule has 3 aromatic carbocycles. The van der Waals surface area contributed by atoms with Crippen molar-refractivity contribution >= 4 is 41.1 Å². The molecule has 178 valence electrons. The number of benzene rings is 3. The molecule has 4 rings (SSSR count). The van der Waals surface area contributed by atoms with Crippen molar-refractivity contribution in [2.75, 3.05) is 11.9 Å². The van der Waals surface area contributed by atoms with E-state index < -0.39 is 29.9 Å². The second-order valence-corrected chi connectivity index (χ2v) is 8.35. The van der Waals surface area contributed by atoms with Crippen LogP contribution < -0.4 is 10.6 Å². The lowest BCUT2D eigenvalue weighted by Gasteiger charge is -2.20. The Balaban J connectivity index is 1.59. The second-order valence-electron chi connectivity index (χ2n) is 7.94. The highest BCUT2D eigenvalue weighted by atomic mass is 35.5. The average molecular weight is 492 g/mol. The molecule has 0 bridgehead atoms. The molecule has 8 nitrogen and oxygen atoms in total. The highest BCUT2D eigenvalue weighted by molar-refractivity contribution is 6.31. The number of carbonyl (C=O) groups is 4. The number of rotatable bonds is 7. The van der Waals surface area contributed by atoms with Gasteiger partial charge in [-0.3, -0.25) is 14.5 Å². The van der Waals surface area contributed by atoms with Gasteiger partial charge in [-0.05, 0) is 36.2 Å². The van der Waals surface area contributed by atoms with Gasteiger partial charge in [0, 0.05) is 16.3 Å². The number of halogens is 1. The van der Waals surface area contributed by atoms with E-state index in [9.17, 15) is 19.2 Å². The third kappa shape index (κ3) is 5.50. The quantitative estimate of drug-likeness (QED) is 0.380. The number of ether oxygens (including phenoxy) is 1. The van der Waals surface area contributed by atoms with Gasteiger partial charge in [0.2, 0.25) is 12.0 Å². The molecule has 0 aliphatic carbocycles. The Bertz CT molecular complexity index is 1280. The van der Waals surface area contributed by atoms with Crippen LogP contribution in [0.4, 0.5) is 10.5 Å². The number of hydrogen-bond donors (Lipinski definition) is 2. The Morgan fingerprint density at radius 1 is 1.06 bits per heavy atom. The van der Waals surface area contributed by atoms with Gasteiger partial charge in [0.15, 0.2) is 0 Å². The van der Waals surface area contributed by atoms with E-state index in [1.807, 2.05) is 6.92 Å². The van der Waals surface area contributed by atoms with Crippen LogP contribution in [0.2, 0.25) is 5.02 Å². The van der Waals surface area contributed by atoms with Crippen molar-refractivity contribution in [3.8, 4) is 0 Å². The maximum absolute atomic E-state index is 13.2. The fourth-order valence-electron chi connectivity index (χ4n) is 3.59. The number of urea groups is 1. The molecule has 1 heterocycles. The Morgan fingerprint density at radius 2 is 1.77 bits per heavy atom. The van der Waals surface area contributed by atoms with E-state index in [1.54, 1.807) is 66.7 Å². The zero-order chi connectivity index (χ0) is 24.9. The molecule has 0 radical (unpaired) electrons. The summed E-state index contributed by atoms with van der Waals surface area (Å²) in [6.45, 7) is 1.66. The van der Waals surface area contributed by atoms with Gasteiger partial charge >= 0.3 is 12.0 Å². The van der Waals surface area contributed by atoms with Gasteiger partial charge in [-0.2, -0.15) is 0 Å². The second kappa shape index (κ2) is 10.4. The van der Waals surface area contributed by atoms with E-state index in [0.717, 1.165) is 10.5 Å². The summed E-state index contributed by atoms with van der Waals surface area (Å²) in [5, 5.41) is 5.68. The number of aryl methyl sites for hydroxylation is 1. The molecule has 4 amide bonds. The van der Waals surface area contributed by atoms with E-state index in [-0.39, 0.29) is 18.7 Å². The monoisotopic (exact) mass is 491 g/mol. The highest BCUT2D eigenvalue weighted by Crippen LogP contribution is 2.25. The molecule has 35 heavy (non-hydrogen) atoms. The molecule has 1 unspecified atom stereocenters. The summed E-state index contributed by atoms with van der Waals surface area (Å²) in [6.07, 6.45) is -1.26. The minimum absolute atomic E-state index is 0.0925. The Kier molecular flexibility index (Phi) is 7.12. The number of hydrogen-bond acceptors (Lipinski definition) is 5. The minimum Gasteiger partial charge on any atom is -0.444 e. The molecule has 9 heteroatoms. The lowest BCUT2D eigenvalue weighted by molar-refractivity contribution is -0.125. The van der Waals surface area contributed by atoms with Crippen molar-refractivity contribution in [2.24, 2.45) is 0 Å². The molecule has 1 aliphatic rings. The van der Waals surface area contributed by atoms with E-state index in [4.69, 9.17) is 16.3 Å². The van der Waals surface area contributed by atoms with Crippen LogP contribution in [0.15, 0.2) is 72.8 Å². The zero-order valence-corrected chi connectivity index (χ0v) is 19.5. The number of imide groups is 1. The van der Waals surface area contributed by atoms with Crippen LogP contribution in [-0.2, 0) is 20.9 Å². The summed E-state index contributed by atoms with van der Waals surface area (Å²) < 4.78 is 5.68. The van der Waals surface area contributed by atoms with Crippen LogP contribution >= 0.6 is 11.6 Å². The Hall–Kier alpha value is -4.17. The van der Waals surface area contributed by atoms with Gasteiger partial charge in [-0.1, -0.05) is 66.2 Å². The maximum Gasteiger partial charge on any atom is 0.339 e. The van der Waals surface area contributed by atoms with Crippen LogP contribution in [0.25, 0.3) is 0 Å². The van der Waals surface area contributed by atoms with Gasteiger partial charge in [0.25, 0.3) is 5.91 Å². The van der Waals surface area contributed by atoms with Crippen LogP contribution in [-0.4, -0.2) is 35.3 Å². The molecule has 0 spiro atoms. The van der Waals surface area contributed by atoms with Crippen LogP contribution in [0.1, 0.15) is 33.2 Å². The normalized spacial score (nSPS) is 13.8. The van der Waals surface area contributed by atoms with Crippen LogP contribution in [0.3, 0.4) is 0 Å². The first-order valence-electron chi connectivity index (χ1n) is 10.8. The Morgan fingerprint density at radius 3 is 2.46 bits per heavy atom. The number of nitrogens with zero attached hydrogens (tertiary/aromatic N) is 1. The fourth-order valence-corrected chi connectivity index (χ4v) is 3.77. The molecule has 1 saturated heterocycles. The first-order chi connectivity index (χ1) is 16.8. The molecule has 1 aliphatic heterocycles. The van der Waals surface area contributed by atoms with E-state index in [0.29, 0.717) is 21.8 Å². The van der Waals surface area contributed by atoms with Gasteiger partial charge < -0.3 is 15.4 Å². The maximum atomic E-state index is 13.2. The van der Waals surface area contributed by atoms with Crippen molar-refractivity contribution in [3.63, 3.8) is 0 Å². The SMILES string of the molecule is Cc1ccc(NC(=O)C(OC(=O)c2ccccc2CN2C(=O)CNC2=O)c2ccccc2)cc1Cl. The van der Waals surface area contributed by atoms with Crippen molar-refractivity contribution in [1.29, 1.82) is 0 Å². The lowest BCUT2D eigenvalue weighted by Crippen LogP contribution is -2.31. The lowest BCUT2D eigenvalue weighted by atomic mass is 10.1. The number of anilines is 1. The van der Waals surface area contributed by atoms with Gasteiger partial charge in [0.05, 0.1) is 18.7 Å². The van der Waals surface area contributed by atoms with E-state index in [2.05, 4.69) is 10.6 Å². The van der Waals surface area contributed by atoms with E-state index in [1.165, 1.54) is 6.07 Å². The first-order valence-corrected chi connectivity index (χ1v) is 11.2. The molecule has 1 fully saturated rings. The third-order valence-corrected chi connectivity index (χ3v) is 5.91. The summed E-state index contributed by atoms with van der Waals surface area (Å²) in [5.41, 5.74) is 2.36. The summed E-state index contributed by atoms with van der Waals surface area (Å²) >= 11 is 6.17. The third-order valence-electron chi connectivity index (χ3n) is 5.51. The Labute approximate surface area is 206 Å². The predicted octanol–water partition coefficient (Wildman–Crippen LogP) is 4.24. The van der Waals surface area contributed by atoms with Gasteiger partial charge in [-0.15, -0.1) is 0 Å². The summed E-state index contributed by atoms with van der Waals surface area (Å²) in [7, 11) is 0. The molecular weight excluding hydrogens is 470 g/mol. The van der Waals surface area contributed by atoms with Crippen molar-refractivity contribution < 1.29 is 23.9 Å². The highest BCUT2D eigenvalue weighted by Gasteiger charge is 2.31. The molecular formula is C26H22ClN3O5. The number of carbonyl (C=O) groups excluding carboxylic acids is 4.